The third kappa shape index (κ3) is 5.45. The Labute approximate surface area is 182 Å². The maximum Gasteiger partial charge on any atom is 0.492 e. The van der Waals surface area contributed by atoms with Gasteiger partial charge in [-0.2, -0.15) is 0 Å². The van der Waals surface area contributed by atoms with E-state index in [1.165, 1.54) is 6.07 Å². The molecule has 0 spiro atoms. The molecular weight excluding hydrogens is 398 g/mol. The van der Waals surface area contributed by atoms with Crippen molar-refractivity contribution >= 4 is 25.0 Å². The van der Waals surface area contributed by atoms with Crippen LogP contribution in [-0.4, -0.2) is 31.0 Å². The smallest absolute Gasteiger partial charge is 0.445 e. The average Bonchev–Trinajstić information content (AvgIpc) is 2.94. The Morgan fingerprint density at radius 2 is 1.74 bits per heavy atom. The summed E-state index contributed by atoms with van der Waals surface area (Å²) in [6.45, 7) is 7.97. The highest BCUT2D eigenvalue weighted by Crippen LogP contribution is 2.39. The number of ether oxygens (including phenoxy) is 1. The van der Waals surface area contributed by atoms with Gasteiger partial charge in [0.15, 0.2) is 0 Å². The molecule has 31 heavy (non-hydrogen) atoms. The molecule has 1 aliphatic rings. The van der Waals surface area contributed by atoms with Crippen LogP contribution in [0.15, 0.2) is 54.0 Å². The molecule has 2 aromatic carbocycles. The number of hydrogen-bond donors (Lipinski definition) is 2. The summed E-state index contributed by atoms with van der Waals surface area (Å²) in [7, 11) is -0.734. The number of halogens is 1. The number of alkyl carbamates (subject to hydrolysis) is 1. The number of carbonyl (C=O) groups is 1. The summed E-state index contributed by atoms with van der Waals surface area (Å²) in [5, 5.41) is 2.71. The first-order valence-corrected chi connectivity index (χ1v) is 10.1. The molecule has 1 heterocycles. The van der Waals surface area contributed by atoms with Gasteiger partial charge in [0.25, 0.3) is 0 Å². The van der Waals surface area contributed by atoms with Gasteiger partial charge in [0.2, 0.25) is 0 Å². The van der Waals surface area contributed by atoms with Gasteiger partial charge < -0.3 is 25.1 Å². The summed E-state index contributed by atoms with van der Waals surface area (Å²) < 4.78 is 31.4. The maximum absolute atomic E-state index is 13.9. The molecule has 164 valence electrons. The number of anilines is 1. The van der Waals surface area contributed by atoms with E-state index in [0.29, 0.717) is 11.0 Å². The molecule has 3 rings (SSSR count). The van der Waals surface area contributed by atoms with Crippen molar-refractivity contribution in [3.05, 3.63) is 70.9 Å². The van der Waals surface area contributed by atoms with Crippen LogP contribution in [0.5, 0.6) is 0 Å². The number of hydrogen-bond acceptors (Lipinski definition) is 5. The number of rotatable bonds is 6. The van der Waals surface area contributed by atoms with Crippen molar-refractivity contribution in [3.8, 4) is 0 Å². The normalized spacial score (nSPS) is 17.5. The van der Waals surface area contributed by atoms with Gasteiger partial charge in [-0.3, -0.25) is 0 Å². The van der Waals surface area contributed by atoms with Crippen molar-refractivity contribution in [1.82, 2.24) is 5.32 Å². The number of nitrogens with one attached hydrogen (secondary N) is 1. The molecule has 2 aromatic rings. The summed E-state index contributed by atoms with van der Waals surface area (Å²) in [6.07, 6.45) is 1.09. The highest BCUT2D eigenvalue weighted by Gasteiger charge is 2.52. The molecular formula is C23H28BFN2O4. The summed E-state index contributed by atoms with van der Waals surface area (Å²) in [5.41, 5.74) is 6.71. The van der Waals surface area contributed by atoms with Crippen molar-refractivity contribution < 1.29 is 23.2 Å². The second-order valence-corrected chi connectivity index (χ2v) is 8.47. The third-order valence-corrected chi connectivity index (χ3v) is 5.63. The van der Waals surface area contributed by atoms with Gasteiger partial charge >= 0.3 is 13.2 Å². The van der Waals surface area contributed by atoms with Crippen LogP contribution in [0.25, 0.3) is 6.08 Å². The van der Waals surface area contributed by atoms with E-state index in [0.717, 1.165) is 5.56 Å². The number of nitrogens with two attached hydrogens (primary N) is 1. The summed E-state index contributed by atoms with van der Waals surface area (Å²) >= 11 is 0. The SMILES string of the molecule is CC1(C)OB(C(=Cc2cccc(F)c2N)CNC(=O)OCc2ccccc2)OC1(C)C. The van der Waals surface area contributed by atoms with E-state index in [1.807, 2.05) is 58.0 Å². The molecule has 3 N–H and O–H groups in total. The Morgan fingerprint density at radius 3 is 2.39 bits per heavy atom. The molecule has 0 bridgehead atoms. The molecule has 6 nitrogen and oxygen atoms in total. The van der Waals surface area contributed by atoms with Crippen LogP contribution in [0.3, 0.4) is 0 Å². The number of benzene rings is 2. The van der Waals surface area contributed by atoms with Crippen LogP contribution in [0, 0.1) is 5.82 Å². The van der Waals surface area contributed by atoms with E-state index < -0.39 is 30.2 Å². The lowest BCUT2D eigenvalue weighted by Gasteiger charge is -2.32. The standard InChI is InChI=1S/C23H28BFN2O4/c1-22(2)23(3,4)31-24(30-22)18(13-17-11-8-12-19(25)20(17)26)14-27-21(28)29-15-16-9-6-5-7-10-16/h5-13H,14-15,26H2,1-4H3,(H,27,28). The minimum absolute atomic E-state index is 0.0168. The van der Waals surface area contributed by atoms with Gasteiger partial charge in [0, 0.05) is 6.54 Å². The first kappa shape index (κ1) is 22.8. The summed E-state index contributed by atoms with van der Waals surface area (Å²) in [4.78, 5) is 12.2. The lowest BCUT2D eigenvalue weighted by atomic mass is 9.77. The number of amides is 1. The molecule has 0 atom stereocenters. The van der Waals surface area contributed by atoms with E-state index in [9.17, 15) is 9.18 Å². The molecule has 0 radical (unpaired) electrons. The molecule has 8 heteroatoms. The topological polar surface area (TPSA) is 82.8 Å². The van der Waals surface area contributed by atoms with Crippen molar-refractivity contribution in [3.63, 3.8) is 0 Å². The third-order valence-electron chi connectivity index (χ3n) is 5.63. The first-order valence-electron chi connectivity index (χ1n) is 10.1. The first-order chi connectivity index (χ1) is 14.6. The van der Waals surface area contributed by atoms with Crippen molar-refractivity contribution in [2.24, 2.45) is 0 Å². The zero-order valence-corrected chi connectivity index (χ0v) is 18.3. The predicted octanol–water partition coefficient (Wildman–Crippen LogP) is 4.35. The highest BCUT2D eigenvalue weighted by atomic mass is 19.1. The lowest BCUT2D eigenvalue weighted by molar-refractivity contribution is 0.00578. The van der Waals surface area contributed by atoms with E-state index >= 15 is 0 Å². The zero-order chi connectivity index (χ0) is 22.6. The Morgan fingerprint density at radius 1 is 1.10 bits per heavy atom. The number of carbonyl (C=O) groups excluding carboxylic acids is 1. The van der Waals surface area contributed by atoms with E-state index in [-0.39, 0.29) is 18.8 Å². The second kappa shape index (κ2) is 9.12. The molecule has 0 unspecified atom stereocenters. The van der Waals surface area contributed by atoms with Gasteiger partial charge in [-0.15, -0.1) is 0 Å². The Hall–Kier alpha value is -2.84. The fourth-order valence-corrected chi connectivity index (χ4v) is 3.02. The van der Waals surface area contributed by atoms with Gasteiger partial charge in [0.05, 0.1) is 16.9 Å². The largest absolute Gasteiger partial charge is 0.492 e. The van der Waals surface area contributed by atoms with Crippen molar-refractivity contribution in [2.45, 2.75) is 45.5 Å². The zero-order valence-electron chi connectivity index (χ0n) is 18.3. The monoisotopic (exact) mass is 426 g/mol. The minimum atomic E-state index is -0.734. The van der Waals surface area contributed by atoms with Crippen LogP contribution in [0.4, 0.5) is 14.9 Å². The van der Waals surface area contributed by atoms with Gasteiger partial charge in [-0.1, -0.05) is 48.5 Å². The predicted molar refractivity (Wildman–Crippen MR) is 120 cm³/mol. The molecule has 0 saturated carbocycles. The van der Waals surface area contributed by atoms with E-state index in [2.05, 4.69) is 5.32 Å². The Bertz CT molecular complexity index is 947. The van der Waals surface area contributed by atoms with E-state index in [1.54, 1.807) is 18.2 Å². The Balaban J connectivity index is 1.75. The van der Waals surface area contributed by atoms with E-state index in [4.69, 9.17) is 19.8 Å². The van der Waals surface area contributed by atoms with Crippen LogP contribution in [0.2, 0.25) is 0 Å². The van der Waals surface area contributed by atoms with Gasteiger partial charge in [-0.05, 0) is 50.4 Å². The van der Waals surface area contributed by atoms with Crippen LogP contribution < -0.4 is 11.1 Å². The maximum atomic E-state index is 13.9. The number of para-hydroxylation sites is 1. The molecule has 1 aliphatic heterocycles. The van der Waals surface area contributed by atoms with Crippen molar-refractivity contribution in [2.75, 3.05) is 12.3 Å². The highest BCUT2D eigenvalue weighted by molar-refractivity contribution is 6.56. The summed E-state index contributed by atoms with van der Waals surface area (Å²) in [6, 6.07) is 13.9. The summed E-state index contributed by atoms with van der Waals surface area (Å²) in [5.74, 6) is -0.516. The quantitative estimate of drug-likeness (QED) is 0.530. The van der Waals surface area contributed by atoms with Crippen LogP contribution >= 0.6 is 0 Å². The molecule has 1 amide bonds. The van der Waals surface area contributed by atoms with Crippen molar-refractivity contribution in [1.29, 1.82) is 0 Å². The fourth-order valence-electron chi connectivity index (χ4n) is 3.02. The lowest BCUT2D eigenvalue weighted by Crippen LogP contribution is -2.41. The molecule has 1 fully saturated rings. The fraction of sp³-hybridized carbons (Fsp3) is 0.348. The van der Waals surface area contributed by atoms with Gasteiger partial charge in [0.1, 0.15) is 12.4 Å². The molecule has 0 aliphatic carbocycles. The Kier molecular flexibility index (Phi) is 6.72. The number of nitrogen functional groups attached to an aromatic ring is 1. The van der Waals surface area contributed by atoms with Crippen LogP contribution in [-0.2, 0) is 20.7 Å². The second-order valence-electron chi connectivity index (χ2n) is 8.47. The van der Waals surface area contributed by atoms with Crippen LogP contribution in [0.1, 0.15) is 38.8 Å². The average molecular weight is 426 g/mol. The van der Waals surface area contributed by atoms with Gasteiger partial charge in [-0.25, -0.2) is 9.18 Å². The minimum Gasteiger partial charge on any atom is -0.445 e. The molecule has 1 saturated heterocycles. The molecule has 0 aromatic heterocycles.